The van der Waals surface area contributed by atoms with Gasteiger partial charge in [-0.05, 0) is 48.4 Å². The van der Waals surface area contributed by atoms with Gasteiger partial charge in [0.1, 0.15) is 5.75 Å². The third-order valence-corrected chi connectivity index (χ3v) is 3.79. The number of carboxylic acids is 1. The number of ether oxygens (including phenoxy) is 1. The quantitative estimate of drug-likeness (QED) is 0.604. The molecule has 24 heavy (non-hydrogen) atoms. The molecule has 0 bridgehead atoms. The van der Waals surface area contributed by atoms with Gasteiger partial charge in [0, 0.05) is 22.6 Å². The Morgan fingerprint density at radius 2 is 1.71 bits per heavy atom. The first-order valence-corrected chi connectivity index (χ1v) is 7.71. The number of aliphatic carboxylic acids is 1. The van der Waals surface area contributed by atoms with Crippen molar-refractivity contribution in [3.05, 3.63) is 76.3 Å². The molecule has 5 heteroatoms. The van der Waals surface area contributed by atoms with Gasteiger partial charge < -0.3 is 9.84 Å². The number of methoxy groups -OCH3 is 1. The lowest BCUT2D eigenvalue weighted by Crippen LogP contribution is -2.08. The Bertz CT molecular complexity index is 746. The summed E-state index contributed by atoms with van der Waals surface area (Å²) in [5, 5.41) is 9.93. The highest BCUT2D eigenvalue weighted by Gasteiger charge is 2.14. The Morgan fingerprint density at radius 1 is 1.08 bits per heavy atom. The molecule has 0 radical (unpaired) electrons. The molecule has 0 saturated carbocycles. The number of Topliss-reactive ketones (excluding diaryl/α,β-unsaturated/α-hetero) is 1. The zero-order valence-electron chi connectivity index (χ0n) is 13.2. The predicted molar refractivity (Wildman–Crippen MR) is 92.8 cm³/mol. The molecule has 0 spiro atoms. The zero-order chi connectivity index (χ0) is 17.5. The van der Waals surface area contributed by atoms with Gasteiger partial charge in [-0.1, -0.05) is 29.8 Å². The molecule has 2 aromatic carbocycles. The Hall–Kier alpha value is -2.59. The van der Waals surface area contributed by atoms with E-state index >= 15 is 0 Å². The highest BCUT2D eigenvalue weighted by atomic mass is 35.5. The summed E-state index contributed by atoms with van der Waals surface area (Å²) in [5.74, 6) is -0.698. The second-order valence-electron chi connectivity index (χ2n) is 5.19. The summed E-state index contributed by atoms with van der Waals surface area (Å²) in [7, 11) is 1.54. The van der Waals surface area contributed by atoms with E-state index in [4.69, 9.17) is 16.3 Å². The number of allylic oxidation sites excluding steroid dienone is 1. The van der Waals surface area contributed by atoms with Gasteiger partial charge in [-0.15, -0.1) is 0 Å². The normalized spacial score (nSPS) is 11.2. The highest BCUT2D eigenvalue weighted by molar-refractivity contribution is 6.30. The molecule has 2 aromatic rings. The second kappa shape index (κ2) is 8.31. The fourth-order valence-electron chi connectivity index (χ4n) is 2.15. The largest absolute Gasteiger partial charge is 0.497 e. The molecule has 0 aliphatic carbocycles. The number of carbonyl (C=O) groups is 2. The van der Waals surface area contributed by atoms with Gasteiger partial charge in [0.15, 0.2) is 5.78 Å². The Balaban J connectivity index is 2.09. The van der Waals surface area contributed by atoms with Crippen LogP contribution in [-0.4, -0.2) is 24.0 Å². The minimum absolute atomic E-state index is 0.0748. The summed E-state index contributed by atoms with van der Waals surface area (Å²) in [4.78, 5) is 23.6. The predicted octanol–water partition coefficient (Wildman–Crippen LogP) is 4.18. The van der Waals surface area contributed by atoms with E-state index in [1.807, 2.05) is 12.1 Å². The number of benzene rings is 2. The molecule has 0 unspecified atom stereocenters. The van der Waals surface area contributed by atoms with Gasteiger partial charge in [0.2, 0.25) is 0 Å². The van der Waals surface area contributed by atoms with Crippen LogP contribution in [-0.2, 0) is 11.2 Å². The molecule has 2 rings (SSSR count). The van der Waals surface area contributed by atoms with Crippen molar-refractivity contribution >= 4 is 23.4 Å². The van der Waals surface area contributed by atoms with Crippen LogP contribution >= 0.6 is 11.6 Å². The molecule has 0 aliphatic heterocycles. The van der Waals surface area contributed by atoms with Crippen molar-refractivity contribution in [1.82, 2.24) is 0 Å². The van der Waals surface area contributed by atoms with Gasteiger partial charge in [0.05, 0.1) is 7.11 Å². The van der Waals surface area contributed by atoms with Crippen LogP contribution < -0.4 is 4.74 Å². The summed E-state index contributed by atoms with van der Waals surface area (Å²) in [6, 6.07) is 13.7. The number of hydrogen-bond donors (Lipinski definition) is 1. The minimum Gasteiger partial charge on any atom is -0.497 e. The average Bonchev–Trinajstić information content (AvgIpc) is 2.59. The molecule has 0 aliphatic rings. The van der Waals surface area contributed by atoms with E-state index in [0.29, 0.717) is 22.8 Å². The first-order chi connectivity index (χ1) is 11.5. The SMILES string of the molecule is COc1ccc(C(=O)C/C(=C\Cc2ccc(Cl)cc2)C(=O)O)cc1. The van der Waals surface area contributed by atoms with Gasteiger partial charge in [-0.3, -0.25) is 4.79 Å². The molecule has 4 nitrogen and oxygen atoms in total. The van der Waals surface area contributed by atoms with Crippen LogP contribution in [0.3, 0.4) is 0 Å². The number of hydrogen-bond acceptors (Lipinski definition) is 3. The smallest absolute Gasteiger partial charge is 0.331 e. The maximum atomic E-state index is 12.3. The third kappa shape index (κ3) is 4.96. The number of rotatable bonds is 7. The van der Waals surface area contributed by atoms with Crippen molar-refractivity contribution in [3.63, 3.8) is 0 Å². The number of carboxylic acid groups (broad SMARTS) is 1. The molecular formula is C19H17ClO4. The lowest BCUT2D eigenvalue weighted by Gasteiger charge is -2.05. The van der Waals surface area contributed by atoms with E-state index in [1.54, 1.807) is 49.6 Å². The minimum atomic E-state index is -1.09. The van der Waals surface area contributed by atoms with Gasteiger partial charge >= 0.3 is 5.97 Å². The molecule has 0 atom stereocenters. The van der Waals surface area contributed by atoms with E-state index in [9.17, 15) is 14.7 Å². The summed E-state index contributed by atoms with van der Waals surface area (Å²) in [6.07, 6.45) is 1.83. The molecule has 0 fully saturated rings. The molecule has 124 valence electrons. The number of carbonyl (C=O) groups excluding carboxylic acids is 1. The van der Waals surface area contributed by atoms with E-state index in [0.717, 1.165) is 5.56 Å². The molecule has 0 amide bonds. The monoisotopic (exact) mass is 344 g/mol. The van der Waals surface area contributed by atoms with Crippen LogP contribution in [0.4, 0.5) is 0 Å². The molecule has 0 saturated heterocycles. The van der Waals surface area contributed by atoms with Crippen molar-refractivity contribution in [3.8, 4) is 5.75 Å². The molecule has 1 N–H and O–H groups in total. The van der Waals surface area contributed by atoms with E-state index in [2.05, 4.69) is 0 Å². The van der Waals surface area contributed by atoms with Crippen LogP contribution in [0.5, 0.6) is 5.75 Å². The maximum absolute atomic E-state index is 12.3. The Kier molecular flexibility index (Phi) is 6.15. The van der Waals surface area contributed by atoms with Crippen molar-refractivity contribution in [2.75, 3.05) is 7.11 Å². The summed E-state index contributed by atoms with van der Waals surface area (Å²) in [5.41, 5.74) is 1.45. The zero-order valence-corrected chi connectivity index (χ0v) is 13.9. The van der Waals surface area contributed by atoms with E-state index in [-0.39, 0.29) is 17.8 Å². The van der Waals surface area contributed by atoms with E-state index < -0.39 is 5.97 Å². The van der Waals surface area contributed by atoms with Gasteiger partial charge in [-0.2, -0.15) is 0 Å². The fourth-order valence-corrected chi connectivity index (χ4v) is 2.27. The Labute approximate surface area is 145 Å². The lowest BCUT2D eigenvalue weighted by molar-refractivity contribution is -0.132. The van der Waals surface area contributed by atoms with Gasteiger partial charge in [0.25, 0.3) is 0 Å². The molecule has 0 aromatic heterocycles. The van der Waals surface area contributed by atoms with Crippen molar-refractivity contribution in [1.29, 1.82) is 0 Å². The van der Waals surface area contributed by atoms with Crippen LogP contribution in [0.2, 0.25) is 5.02 Å². The third-order valence-electron chi connectivity index (χ3n) is 3.54. The van der Waals surface area contributed by atoms with Crippen molar-refractivity contribution in [2.45, 2.75) is 12.8 Å². The Morgan fingerprint density at radius 3 is 2.25 bits per heavy atom. The van der Waals surface area contributed by atoms with Gasteiger partial charge in [-0.25, -0.2) is 4.79 Å². The van der Waals surface area contributed by atoms with Crippen LogP contribution in [0.15, 0.2) is 60.2 Å². The summed E-state index contributed by atoms with van der Waals surface area (Å²) in [6.45, 7) is 0. The number of ketones is 1. The average molecular weight is 345 g/mol. The van der Waals surface area contributed by atoms with Crippen molar-refractivity contribution in [2.24, 2.45) is 0 Å². The number of halogens is 1. The summed E-state index contributed by atoms with van der Waals surface area (Å²) >= 11 is 5.82. The standard InChI is InChI=1S/C19H17ClO4/c1-24-17-10-6-14(7-11-17)18(21)12-15(19(22)23)5-2-13-3-8-16(20)9-4-13/h3-11H,2,12H2,1H3,(H,22,23)/b15-5+. The molecular weight excluding hydrogens is 328 g/mol. The first-order valence-electron chi connectivity index (χ1n) is 7.33. The fraction of sp³-hybridized carbons (Fsp3) is 0.158. The maximum Gasteiger partial charge on any atom is 0.331 e. The second-order valence-corrected chi connectivity index (χ2v) is 5.63. The van der Waals surface area contributed by atoms with Crippen LogP contribution in [0.25, 0.3) is 0 Å². The first kappa shape index (κ1) is 17.8. The van der Waals surface area contributed by atoms with Crippen LogP contribution in [0, 0.1) is 0 Å². The lowest BCUT2D eigenvalue weighted by atomic mass is 10.0. The highest BCUT2D eigenvalue weighted by Crippen LogP contribution is 2.16. The topological polar surface area (TPSA) is 63.6 Å². The van der Waals surface area contributed by atoms with Crippen LogP contribution in [0.1, 0.15) is 22.3 Å². The molecule has 0 heterocycles. The van der Waals surface area contributed by atoms with Crippen molar-refractivity contribution < 1.29 is 19.4 Å². The summed E-state index contributed by atoms with van der Waals surface area (Å²) < 4.78 is 5.04. The van der Waals surface area contributed by atoms with E-state index in [1.165, 1.54) is 0 Å².